The Labute approximate surface area is 143 Å². The molecule has 126 valence electrons. The molecule has 0 fully saturated rings. The summed E-state index contributed by atoms with van der Waals surface area (Å²) in [6.45, 7) is 0. The number of H-pyrrole nitrogens is 1. The molecule has 0 spiro atoms. The summed E-state index contributed by atoms with van der Waals surface area (Å²) >= 11 is 0. The molecule has 3 rings (SSSR count). The van der Waals surface area contributed by atoms with Gasteiger partial charge in [0.1, 0.15) is 11.6 Å². The molecule has 1 heterocycles. The van der Waals surface area contributed by atoms with E-state index in [1.165, 1.54) is 18.3 Å². The van der Waals surface area contributed by atoms with E-state index in [0.29, 0.717) is 17.0 Å². The number of halogens is 1. The minimum Gasteiger partial charge on any atom is -0.497 e. The number of rotatable bonds is 5. The average Bonchev–Trinajstić information content (AvgIpc) is 2.63. The number of nitrogens with one attached hydrogen (secondary N) is 2. The van der Waals surface area contributed by atoms with E-state index in [9.17, 15) is 9.18 Å². The van der Waals surface area contributed by atoms with Crippen molar-refractivity contribution >= 4 is 12.2 Å². The fourth-order valence-electron chi connectivity index (χ4n) is 2.16. The lowest BCUT2D eigenvalue weighted by molar-refractivity contribution is 0.415. The molecule has 0 saturated heterocycles. The van der Waals surface area contributed by atoms with E-state index in [0.717, 1.165) is 5.56 Å². The zero-order valence-electron chi connectivity index (χ0n) is 13.4. The second-order valence-corrected chi connectivity index (χ2v) is 5.10. The van der Waals surface area contributed by atoms with E-state index in [1.54, 1.807) is 49.6 Å². The third-order valence-electron chi connectivity index (χ3n) is 3.41. The first kappa shape index (κ1) is 16.4. The Hall–Kier alpha value is -3.48. The highest BCUT2D eigenvalue weighted by atomic mass is 19.1. The summed E-state index contributed by atoms with van der Waals surface area (Å²) in [5, 5.41) is 3.91. The van der Waals surface area contributed by atoms with Crippen LogP contribution >= 0.6 is 0 Å². The average molecular weight is 338 g/mol. The van der Waals surface area contributed by atoms with E-state index >= 15 is 0 Å². The fourth-order valence-corrected chi connectivity index (χ4v) is 2.16. The minimum absolute atomic E-state index is 0.158. The Kier molecular flexibility index (Phi) is 4.84. The number of hydrogen-bond donors (Lipinski definition) is 2. The van der Waals surface area contributed by atoms with Gasteiger partial charge in [-0.15, -0.1) is 0 Å². The lowest BCUT2D eigenvalue weighted by atomic mass is 10.1. The number of ether oxygens (including phenoxy) is 1. The smallest absolute Gasteiger partial charge is 0.252 e. The Balaban J connectivity index is 1.82. The first-order valence-electron chi connectivity index (χ1n) is 7.45. The molecule has 0 aliphatic carbocycles. The van der Waals surface area contributed by atoms with Gasteiger partial charge in [-0.05, 0) is 30.3 Å². The Bertz CT molecular complexity index is 952. The van der Waals surface area contributed by atoms with Crippen molar-refractivity contribution in [2.75, 3.05) is 12.5 Å². The van der Waals surface area contributed by atoms with Crippen LogP contribution in [0.4, 0.5) is 10.3 Å². The van der Waals surface area contributed by atoms with Gasteiger partial charge in [-0.25, -0.2) is 14.8 Å². The molecule has 0 saturated carbocycles. The highest BCUT2D eigenvalue weighted by molar-refractivity contribution is 5.80. The van der Waals surface area contributed by atoms with Crippen molar-refractivity contribution in [2.45, 2.75) is 0 Å². The van der Waals surface area contributed by atoms with E-state index in [1.807, 2.05) is 0 Å². The molecule has 0 radical (unpaired) electrons. The van der Waals surface area contributed by atoms with Gasteiger partial charge in [0.2, 0.25) is 5.95 Å². The lowest BCUT2D eigenvalue weighted by Crippen LogP contribution is -2.10. The van der Waals surface area contributed by atoms with Crippen molar-refractivity contribution in [3.05, 3.63) is 76.3 Å². The number of hydrogen-bond acceptors (Lipinski definition) is 5. The molecule has 0 bridgehead atoms. The summed E-state index contributed by atoms with van der Waals surface area (Å²) in [7, 11) is 1.58. The van der Waals surface area contributed by atoms with Crippen molar-refractivity contribution in [3.63, 3.8) is 0 Å². The quantitative estimate of drug-likeness (QED) is 0.554. The molecule has 0 unspecified atom stereocenters. The molecular weight excluding hydrogens is 323 g/mol. The summed E-state index contributed by atoms with van der Waals surface area (Å²) in [5.74, 6) is 0.480. The van der Waals surface area contributed by atoms with Crippen LogP contribution in [0.5, 0.6) is 5.75 Å². The van der Waals surface area contributed by atoms with E-state index in [2.05, 4.69) is 20.5 Å². The molecule has 0 atom stereocenters. The van der Waals surface area contributed by atoms with Crippen LogP contribution in [0.2, 0.25) is 0 Å². The highest BCUT2D eigenvalue weighted by Gasteiger charge is 2.04. The van der Waals surface area contributed by atoms with Gasteiger partial charge >= 0.3 is 0 Å². The van der Waals surface area contributed by atoms with Crippen LogP contribution < -0.4 is 15.7 Å². The largest absolute Gasteiger partial charge is 0.497 e. The molecule has 25 heavy (non-hydrogen) atoms. The van der Waals surface area contributed by atoms with Gasteiger partial charge in [-0.2, -0.15) is 5.10 Å². The molecule has 2 aromatic carbocycles. The lowest BCUT2D eigenvalue weighted by Gasteiger charge is -2.05. The summed E-state index contributed by atoms with van der Waals surface area (Å²) in [6.07, 6.45) is 1.31. The molecule has 0 aliphatic heterocycles. The second kappa shape index (κ2) is 7.39. The van der Waals surface area contributed by atoms with Gasteiger partial charge in [0.15, 0.2) is 0 Å². The first-order chi connectivity index (χ1) is 12.2. The summed E-state index contributed by atoms with van der Waals surface area (Å²) in [5.41, 5.74) is 3.84. The van der Waals surface area contributed by atoms with Gasteiger partial charge in [-0.1, -0.05) is 18.2 Å². The third kappa shape index (κ3) is 4.08. The standard InChI is InChI=1S/C18H15FN4O2/c1-25-14-8-6-12(7-9-14)16-10-17(24)22-18(21-16)23-20-11-13-4-2-3-5-15(13)19/h2-11H,1H3,(H2,21,22,23,24)/b20-11-. The zero-order valence-corrected chi connectivity index (χ0v) is 13.4. The minimum atomic E-state index is -0.388. The molecule has 0 aliphatic rings. The molecule has 0 amide bonds. The number of anilines is 1. The predicted molar refractivity (Wildman–Crippen MR) is 94.5 cm³/mol. The van der Waals surface area contributed by atoms with Crippen LogP contribution in [0, 0.1) is 5.82 Å². The third-order valence-corrected chi connectivity index (χ3v) is 3.41. The Morgan fingerprint density at radius 2 is 1.96 bits per heavy atom. The van der Waals surface area contributed by atoms with Crippen LogP contribution in [0.3, 0.4) is 0 Å². The summed E-state index contributed by atoms with van der Waals surface area (Å²) in [4.78, 5) is 18.7. The number of benzene rings is 2. The molecule has 7 heteroatoms. The molecule has 3 aromatic rings. The van der Waals surface area contributed by atoms with E-state index < -0.39 is 0 Å². The topological polar surface area (TPSA) is 79.4 Å². The van der Waals surface area contributed by atoms with Gasteiger partial charge < -0.3 is 4.74 Å². The maximum Gasteiger partial charge on any atom is 0.252 e. The summed E-state index contributed by atoms with van der Waals surface area (Å²) in [6, 6.07) is 14.8. The molecule has 6 nitrogen and oxygen atoms in total. The van der Waals surface area contributed by atoms with Gasteiger partial charge in [0, 0.05) is 17.2 Å². The zero-order chi connectivity index (χ0) is 17.6. The first-order valence-corrected chi connectivity index (χ1v) is 7.45. The monoisotopic (exact) mass is 338 g/mol. The van der Waals surface area contributed by atoms with Crippen LogP contribution in [0.25, 0.3) is 11.3 Å². The number of aromatic amines is 1. The maximum atomic E-state index is 13.5. The summed E-state index contributed by atoms with van der Waals surface area (Å²) < 4.78 is 18.6. The van der Waals surface area contributed by atoms with E-state index in [-0.39, 0.29) is 17.3 Å². The van der Waals surface area contributed by atoms with Crippen LogP contribution in [0.15, 0.2) is 64.5 Å². The van der Waals surface area contributed by atoms with Gasteiger partial charge in [0.05, 0.1) is 19.0 Å². The number of hydrazone groups is 1. The number of aromatic nitrogens is 2. The maximum absolute atomic E-state index is 13.5. The van der Waals surface area contributed by atoms with Crippen molar-refractivity contribution in [1.82, 2.24) is 9.97 Å². The Morgan fingerprint density at radius 3 is 2.68 bits per heavy atom. The van der Waals surface area contributed by atoms with E-state index in [4.69, 9.17) is 4.74 Å². The molecular formula is C18H15FN4O2. The highest BCUT2D eigenvalue weighted by Crippen LogP contribution is 2.20. The predicted octanol–water partition coefficient (Wildman–Crippen LogP) is 3.03. The SMILES string of the molecule is COc1ccc(-c2cc(=O)[nH]c(N/N=C\c3ccccc3F)n2)cc1. The van der Waals surface area contributed by atoms with Crippen LogP contribution in [-0.2, 0) is 0 Å². The molecule has 1 aromatic heterocycles. The fraction of sp³-hybridized carbons (Fsp3) is 0.0556. The number of nitrogens with zero attached hydrogens (tertiary/aromatic N) is 2. The van der Waals surface area contributed by atoms with Crippen molar-refractivity contribution in [3.8, 4) is 17.0 Å². The van der Waals surface area contributed by atoms with Gasteiger partial charge in [0.25, 0.3) is 5.56 Å². The van der Waals surface area contributed by atoms with Crippen molar-refractivity contribution < 1.29 is 9.13 Å². The van der Waals surface area contributed by atoms with Crippen molar-refractivity contribution in [2.24, 2.45) is 5.10 Å². The van der Waals surface area contributed by atoms with Crippen LogP contribution in [0.1, 0.15) is 5.56 Å². The number of methoxy groups -OCH3 is 1. The van der Waals surface area contributed by atoms with Gasteiger partial charge in [-0.3, -0.25) is 9.78 Å². The Morgan fingerprint density at radius 1 is 1.20 bits per heavy atom. The van der Waals surface area contributed by atoms with Crippen LogP contribution in [-0.4, -0.2) is 23.3 Å². The molecule has 2 N–H and O–H groups in total. The normalized spacial score (nSPS) is 10.8. The van der Waals surface area contributed by atoms with Crippen molar-refractivity contribution in [1.29, 1.82) is 0 Å². The second-order valence-electron chi connectivity index (χ2n) is 5.10.